The molecule has 0 unspecified atom stereocenters. The van der Waals surface area contributed by atoms with E-state index in [0.29, 0.717) is 12.2 Å². The average molecular weight is 147 g/mol. The van der Waals surface area contributed by atoms with Gasteiger partial charge in [-0.05, 0) is 6.42 Å². The second-order valence-corrected chi connectivity index (χ2v) is 2.48. The van der Waals surface area contributed by atoms with E-state index in [2.05, 4.69) is 12.6 Å². The summed E-state index contributed by atoms with van der Waals surface area (Å²) in [6.45, 7) is 0. The fourth-order valence-corrected chi connectivity index (χ4v) is 1.24. The van der Waals surface area contributed by atoms with Crippen molar-refractivity contribution in [3.63, 3.8) is 0 Å². The zero-order valence-electron chi connectivity index (χ0n) is 4.95. The van der Waals surface area contributed by atoms with Crippen molar-refractivity contribution in [3.8, 4) is 0 Å². The van der Waals surface area contributed by atoms with Gasteiger partial charge in [0.05, 0.1) is 6.04 Å². The van der Waals surface area contributed by atoms with Crippen LogP contribution >= 0.6 is 12.6 Å². The standard InChI is InChI=1S/C5H9NO2S/c7-5-2-1-4(3-9)6(5)8/h4,8-9H,1-3H2/t4-/m0/s1. The molecule has 1 amide bonds. The molecule has 3 nitrogen and oxygen atoms in total. The molecule has 1 heterocycles. The first-order valence-corrected chi connectivity index (χ1v) is 3.50. The monoisotopic (exact) mass is 147 g/mol. The molecular formula is C5H9NO2S. The van der Waals surface area contributed by atoms with E-state index in [-0.39, 0.29) is 11.9 Å². The summed E-state index contributed by atoms with van der Waals surface area (Å²) in [5.74, 6) is 0.358. The highest BCUT2D eigenvalue weighted by atomic mass is 32.1. The maximum Gasteiger partial charge on any atom is 0.246 e. The van der Waals surface area contributed by atoms with Gasteiger partial charge in [0, 0.05) is 12.2 Å². The highest BCUT2D eigenvalue weighted by Crippen LogP contribution is 2.16. The average Bonchev–Trinajstić information content (AvgIpc) is 2.15. The first-order valence-electron chi connectivity index (χ1n) is 2.87. The second kappa shape index (κ2) is 2.58. The molecule has 1 aliphatic rings. The predicted octanol–water partition coefficient (Wildman–Crippen LogP) is 0.296. The zero-order chi connectivity index (χ0) is 6.85. The predicted molar refractivity (Wildman–Crippen MR) is 35.5 cm³/mol. The Morgan fingerprint density at radius 3 is 2.78 bits per heavy atom. The lowest BCUT2D eigenvalue weighted by Gasteiger charge is -2.13. The van der Waals surface area contributed by atoms with Crippen LogP contribution in [0, 0.1) is 0 Å². The van der Waals surface area contributed by atoms with Gasteiger partial charge >= 0.3 is 0 Å². The Bertz CT molecular complexity index is 128. The molecule has 0 radical (unpaired) electrons. The molecular weight excluding hydrogens is 138 g/mol. The Kier molecular flexibility index (Phi) is 1.97. The summed E-state index contributed by atoms with van der Waals surface area (Å²) in [5.41, 5.74) is 0. The first kappa shape index (κ1) is 6.89. The van der Waals surface area contributed by atoms with E-state index >= 15 is 0 Å². The number of rotatable bonds is 1. The largest absolute Gasteiger partial charge is 0.286 e. The molecule has 0 aromatic heterocycles. The summed E-state index contributed by atoms with van der Waals surface area (Å²) < 4.78 is 0. The lowest BCUT2D eigenvalue weighted by atomic mass is 10.2. The van der Waals surface area contributed by atoms with Crippen molar-refractivity contribution in [2.75, 3.05) is 5.75 Å². The van der Waals surface area contributed by atoms with Crippen LogP contribution in [0.4, 0.5) is 0 Å². The smallest absolute Gasteiger partial charge is 0.246 e. The fourth-order valence-electron chi connectivity index (χ4n) is 0.899. The maximum atomic E-state index is 10.6. The number of nitrogens with zero attached hydrogens (tertiary/aromatic N) is 1. The van der Waals surface area contributed by atoms with Gasteiger partial charge < -0.3 is 0 Å². The first-order chi connectivity index (χ1) is 4.25. The van der Waals surface area contributed by atoms with Crippen molar-refractivity contribution in [2.45, 2.75) is 18.9 Å². The van der Waals surface area contributed by atoms with Crippen LogP contribution in [0.1, 0.15) is 12.8 Å². The third-order valence-corrected chi connectivity index (χ3v) is 1.93. The molecule has 4 heteroatoms. The summed E-state index contributed by atoms with van der Waals surface area (Å²) in [4.78, 5) is 10.6. The van der Waals surface area contributed by atoms with Crippen molar-refractivity contribution in [3.05, 3.63) is 0 Å². The Morgan fingerprint density at radius 2 is 2.56 bits per heavy atom. The van der Waals surface area contributed by atoms with Crippen LogP contribution in [0.15, 0.2) is 0 Å². The molecule has 1 rings (SSSR count). The van der Waals surface area contributed by atoms with E-state index in [1.807, 2.05) is 0 Å². The van der Waals surface area contributed by atoms with Gasteiger partial charge in [-0.3, -0.25) is 10.0 Å². The van der Waals surface area contributed by atoms with Crippen molar-refractivity contribution < 1.29 is 10.0 Å². The molecule has 1 N–H and O–H groups in total. The van der Waals surface area contributed by atoms with Gasteiger partial charge in [-0.15, -0.1) is 0 Å². The molecule has 0 aromatic rings. The fraction of sp³-hybridized carbons (Fsp3) is 0.800. The summed E-state index contributed by atoms with van der Waals surface area (Å²) >= 11 is 3.96. The van der Waals surface area contributed by atoms with E-state index in [4.69, 9.17) is 5.21 Å². The molecule has 9 heavy (non-hydrogen) atoms. The van der Waals surface area contributed by atoms with Gasteiger partial charge in [0.15, 0.2) is 0 Å². The van der Waals surface area contributed by atoms with Crippen molar-refractivity contribution in [1.82, 2.24) is 5.06 Å². The van der Waals surface area contributed by atoms with E-state index < -0.39 is 0 Å². The Morgan fingerprint density at radius 1 is 1.89 bits per heavy atom. The molecule has 52 valence electrons. The number of carbonyl (C=O) groups is 1. The molecule has 0 bridgehead atoms. The van der Waals surface area contributed by atoms with Crippen molar-refractivity contribution in [1.29, 1.82) is 0 Å². The Hall–Kier alpha value is -0.220. The number of hydroxylamine groups is 2. The highest BCUT2D eigenvalue weighted by Gasteiger charge is 2.28. The van der Waals surface area contributed by atoms with E-state index in [1.54, 1.807) is 0 Å². The van der Waals surface area contributed by atoms with Crippen LogP contribution in [0.25, 0.3) is 0 Å². The van der Waals surface area contributed by atoms with Crippen molar-refractivity contribution in [2.24, 2.45) is 0 Å². The lowest BCUT2D eigenvalue weighted by Crippen LogP contribution is -2.30. The molecule has 0 aliphatic carbocycles. The molecule has 0 aromatic carbocycles. The van der Waals surface area contributed by atoms with Crippen LogP contribution in [0.3, 0.4) is 0 Å². The van der Waals surface area contributed by atoms with Gasteiger partial charge in [-0.2, -0.15) is 12.6 Å². The molecule has 1 saturated heterocycles. The van der Waals surface area contributed by atoms with Gasteiger partial charge in [0.2, 0.25) is 5.91 Å². The van der Waals surface area contributed by atoms with Crippen LogP contribution in [0.5, 0.6) is 0 Å². The normalized spacial score (nSPS) is 27.6. The third kappa shape index (κ3) is 1.19. The lowest BCUT2D eigenvalue weighted by molar-refractivity contribution is -0.163. The van der Waals surface area contributed by atoms with Crippen LogP contribution in [-0.2, 0) is 4.79 Å². The third-order valence-electron chi connectivity index (χ3n) is 1.50. The van der Waals surface area contributed by atoms with Crippen LogP contribution < -0.4 is 0 Å². The minimum absolute atomic E-state index is 0.0548. The number of hydrogen-bond donors (Lipinski definition) is 2. The van der Waals surface area contributed by atoms with Gasteiger partial charge in [0.1, 0.15) is 0 Å². The minimum Gasteiger partial charge on any atom is -0.286 e. The Labute approximate surface area is 59.0 Å². The topological polar surface area (TPSA) is 40.5 Å². The number of thiol groups is 1. The van der Waals surface area contributed by atoms with Crippen LogP contribution in [0.2, 0.25) is 0 Å². The van der Waals surface area contributed by atoms with Gasteiger partial charge in [0.25, 0.3) is 0 Å². The van der Waals surface area contributed by atoms with E-state index in [0.717, 1.165) is 11.5 Å². The van der Waals surface area contributed by atoms with E-state index in [1.165, 1.54) is 0 Å². The molecule has 0 spiro atoms. The molecule has 0 saturated carbocycles. The molecule has 1 aliphatic heterocycles. The second-order valence-electron chi connectivity index (χ2n) is 2.11. The quantitative estimate of drug-likeness (QED) is 0.413. The Balaban J connectivity index is 2.51. The summed E-state index contributed by atoms with van der Waals surface area (Å²) in [6, 6.07) is -0.0548. The van der Waals surface area contributed by atoms with Gasteiger partial charge in [-0.25, -0.2) is 5.06 Å². The molecule has 1 fully saturated rings. The number of carbonyl (C=O) groups excluding carboxylic acids is 1. The van der Waals surface area contributed by atoms with Gasteiger partial charge in [-0.1, -0.05) is 0 Å². The number of amides is 1. The summed E-state index contributed by atoms with van der Waals surface area (Å²) in [6.07, 6.45) is 1.19. The minimum atomic E-state index is -0.186. The summed E-state index contributed by atoms with van der Waals surface area (Å²) in [5, 5.41) is 9.68. The summed E-state index contributed by atoms with van der Waals surface area (Å²) in [7, 11) is 0. The van der Waals surface area contributed by atoms with Crippen molar-refractivity contribution >= 4 is 18.5 Å². The maximum absolute atomic E-state index is 10.6. The zero-order valence-corrected chi connectivity index (χ0v) is 5.84. The SMILES string of the molecule is O=C1CC[C@@H](CS)N1O. The highest BCUT2D eigenvalue weighted by molar-refractivity contribution is 7.80. The molecule has 1 atom stereocenters. The number of hydrogen-bond acceptors (Lipinski definition) is 3. The van der Waals surface area contributed by atoms with E-state index in [9.17, 15) is 4.79 Å². The van der Waals surface area contributed by atoms with Crippen LogP contribution in [-0.4, -0.2) is 28.0 Å².